The Hall–Kier alpha value is -2.30. The maximum atomic E-state index is 12.2. The van der Waals surface area contributed by atoms with E-state index in [4.69, 9.17) is 9.15 Å². The Morgan fingerprint density at radius 1 is 1.23 bits per heavy atom. The molecule has 0 N–H and O–H groups in total. The van der Waals surface area contributed by atoms with Gasteiger partial charge in [-0.05, 0) is 43.2 Å². The van der Waals surface area contributed by atoms with Gasteiger partial charge in [-0.15, -0.1) is 0 Å². The standard InChI is InChI=1S/C17H19NO4/c1-11-7-13-9-16(22-15(13)8-12(11)2)17(20)21-14-3-5-18(10-19)6-4-14/h7-10,14H,3-6H2,1-2H3. The second kappa shape index (κ2) is 5.83. The Morgan fingerprint density at radius 3 is 2.59 bits per heavy atom. The number of nitrogens with zero attached hydrogens (tertiary/aromatic N) is 1. The first-order valence-electron chi connectivity index (χ1n) is 7.48. The first-order chi connectivity index (χ1) is 10.6. The number of furan rings is 1. The lowest BCUT2D eigenvalue weighted by atomic mass is 10.1. The average Bonchev–Trinajstić information content (AvgIpc) is 2.91. The van der Waals surface area contributed by atoms with Gasteiger partial charge in [-0.3, -0.25) is 4.79 Å². The van der Waals surface area contributed by atoms with E-state index in [0.717, 1.165) is 22.9 Å². The fourth-order valence-corrected chi connectivity index (χ4v) is 2.71. The van der Waals surface area contributed by atoms with Crippen molar-refractivity contribution in [1.82, 2.24) is 4.90 Å². The van der Waals surface area contributed by atoms with Crippen LogP contribution >= 0.6 is 0 Å². The fourth-order valence-electron chi connectivity index (χ4n) is 2.71. The van der Waals surface area contributed by atoms with Gasteiger partial charge >= 0.3 is 5.97 Å². The fraction of sp³-hybridized carbons (Fsp3) is 0.412. The van der Waals surface area contributed by atoms with Crippen LogP contribution in [0.2, 0.25) is 0 Å². The summed E-state index contributed by atoms with van der Waals surface area (Å²) >= 11 is 0. The summed E-state index contributed by atoms with van der Waals surface area (Å²) in [6.07, 6.45) is 2.02. The van der Waals surface area contributed by atoms with Gasteiger partial charge in [0.05, 0.1) is 0 Å². The van der Waals surface area contributed by atoms with Crippen molar-refractivity contribution in [3.8, 4) is 0 Å². The summed E-state index contributed by atoms with van der Waals surface area (Å²) in [4.78, 5) is 24.6. The number of likely N-dealkylation sites (tertiary alicyclic amines) is 1. The van der Waals surface area contributed by atoms with Gasteiger partial charge in [0.1, 0.15) is 11.7 Å². The Labute approximate surface area is 128 Å². The van der Waals surface area contributed by atoms with Crippen LogP contribution in [0.1, 0.15) is 34.5 Å². The summed E-state index contributed by atoms with van der Waals surface area (Å²) in [7, 11) is 0. The van der Waals surface area contributed by atoms with Gasteiger partial charge in [0.25, 0.3) is 0 Å². The summed E-state index contributed by atoms with van der Waals surface area (Å²) in [5, 5.41) is 0.908. The van der Waals surface area contributed by atoms with Gasteiger partial charge in [0.2, 0.25) is 12.2 Å². The van der Waals surface area contributed by atoms with Gasteiger partial charge in [-0.1, -0.05) is 0 Å². The third kappa shape index (κ3) is 2.84. The molecule has 116 valence electrons. The van der Waals surface area contributed by atoms with E-state index in [0.29, 0.717) is 31.5 Å². The minimum Gasteiger partial charge on any atom is -0.456 e. The van der Waals surface area contributed by atoms with Crippen LogP contribution < -0.4 is 0 Å². The molecule has 0 atom stereocenters. The average molecular weight is 301 g/mol. The SMILES string of the molecule is Cc1cc2cc(C(=O)OC3CCN(C=O)CC3)oc2cc1C. The third-order valence-corrected chi connectivity index (χ3v) is 4.23. The minimum absolute atomic E-state index is 0.152. The number of fused-ring (bicyclic) bond motifs is 1. The highest BCUT2D eigenvalue weighted by Crippen LogP contribution is 2.24. The number of ether oxygens (including phenoxy) is 1. The highest BCUT2D eigenvalue weighted by atomic mass is 16.6. The zero-order chi connectivity index (χ0) is 15.7. The van der Waals surface area contributed by atoms with E-state index >= 15 is 0 Å². The molecule has 22 heavy (non-hydrogen) atoms. The largest absolute Gasteiger partial charge is 0.456 e. The first kappa shape index (κ1) is 14.6. The molecular formula is C17H19NO4. The number of piperidine rings is 1. The maximum absolute atomic E-state index is 12.2. The van der Waals surface area contributed by atoms with Crippen molar-refractivity contribution in [1.29, 1.82) is 0 Å². The van der Waals surface area contributed by atoms with Gasteiger partial charge in [0, 0.05) is 31.3 Å². The molecule has 0 bridgehead atoms. The number of benzene rings is 1. The number of aryl methyl sites for hydroxylation is 2. The van der Waals surface area contributed by atoms with Crippen molar-refractivity contribution in [2.45, 2.75) is 32.8 Å². The molecule has 1 aromatic heterocycles. The second-order valence-electron chi connectivity index (χ2n) is 5.83. The van der Waals surface area contributed by atoms with Gasteiger partial charge in [-0.25, -0.2) is 4.79 Å². The molecule has 0 radical (unpaired) electrons. The van der Waals surface area contributed by atoms with Crippen molar-refractivity contribution < 1.29 is 18.7 Å². The van der Waals surface area contributed by atoms with Crippen molar-refractivity contribution in [2.24, 2.45) is 0 Å². The summed E-state index contributed by atoms with van der Waals surface area (Å²) in [5.74, 6) is -0.200. The molecule has 2 heterocycles. The molecule has 1 amide bonds. The van der Waals surface area contributed by atoms with E-state index in [1.54, 1.807) is 11.0 Å². The Balaban J connectivity index is 1.71. The summed E-state index contributed by atoms with van der Waals surface area (Å²) in [6.45, 7) is 5.29. The number of rotatable bonds is 3. The van der Waals surface area contributed by atoms with Crippen LogP contribution in [0.3, 0.4) is 0 Å². The van der Waals surface area contributed by atoms with E-state index in [-0.39, 0.29) is 11.9 Å². The molecule has 1 aliphatic rings. The van der Waals surface area contributed by atoms with Crippen LogP contribution in [-0.4, -0.2) is 36.5 Å². The van der Waals surface area contributed by atoms with Crippen molar-refractivity contribution in [3.05, 3.63) is 35.1 Å². The van der Waals surface area contributed by atoms with Crippen LogP contribution in [-0.2, 0) is 9.53 Å². The summed E-state index contributed by atoms with van der Waals surface area (Å²) in [5.41, 5.74) is 2.99. The molecule has 5 heteroatoms. The van der Waals surface area contributed by atoms with Crippen LogP contribution in [0.4, 0.5) is 0 Å². The molecule has 3 rings (SSSR count). The van der Waals surface area contributed by atoms with Crippen LogP contribution in [0.25, 0.3) is 11.0 Å². The molecule has 1 fully saturated rings. The molecular weight excluding hydrogens is 282 g/mol. The Kier molecular flexibility index (Phi) is 3.88. The Morgan fingerprint density at radius 2 is 1.91 bits per heavy atom. The molecule has 1 aliphatic heterocycles. The molecule has 0 aliphatic carbocycles. The number of hydrogen-bond acceptors (Lipinski definition) is 4. The van der Waals surface area contributed by atoms with Crippen LogP contribution in [0, 0.1) is 13.8 Å². The topological polar surface area (TPSA) is 59.8 Å². The van der Waals surface area contributed by atoms with E-state index < -0.39 is 5.97 Å². The minimum atomic E-state index is -0.434. The number of carbonyl (C=O) groups excluding carboxylic acids is 2. The lowest BCUT2D eigenvalue weighted by molar-refractivity contribution is -0.120. The van der Waals surface area contributed by atoms with Crippen molar-refractivity contribution in [2.75, 3.05) is 13.1 Å². The molecule has 0 saturated carbocycles. The third-order valence-electron chi connectivity index (χ3n) is 4.23. The summed E-state index contributed by atoms with van der Waals surface area (Å²) in [6, 6.07) is 5.67. The maximum Gasteiger partial charge on any atom is 0.374 e. The smallest absolute Gasteiger partial charge is 0.374 e. The molecule has 1 aromatic carbocycles. The molecule has 0 spiro atoms. The van der Waals surface area contributed by atoms with Gasteiger partial charge in [0.15, 0.2) is 0 Å². The van der Waals surface area contributed by atoms with Crippen LogP contribution in [0.15, 0.2) is 22.6 Å². The molecule has 5 nitrogen and oxygen atoms in total. The Bertz CT molecular complexity index is 672. The lowest BCUT2D eigenvalue weighted by Crippen LogP contribution is -2.36. The zero-order valence-corrected chi connectivity index (χ0v) is 12.8. The lowest BCUT2D eigenvalue weighted by Gasteiger charge is -2.28. The van der Waals surface area contributed by atoms with E-state index in [1.165, 1.54) is 0 Å². The van der Waals surface area contributed by atoms with E-state index in [9.17, 15) is 9.59 Å². The molecule has 2 aromatic rings. The van der Waals surface area contributed by atoms with Gasteiger partial charge in [-0.2, -0.15) is 0 Å². The van der Waals surface area contributed by atoms with E-state index in [1.807, 2.05) is 26.0 Å². The van der Waals surface area contributed by atoms with Gasteiger partial charge < -0.3 is 14.1 Å². The van der Waals surface area contributed by atoms with Crippen molar-refractivity contribution in [3.63, 3.8) is 0 Å². The van der Waals surface area contributed by atoms with Crippen LogP contribution in [0.5, 0.6) is 0 Å². The predicted octanol–water partition coefficient (Wildman–Crippen LogP) is 2.83. The monoisotopic (exact) mass is 301 g/mol. The molecule has 1 saturated heterocycles. The number of amides is 1. The number of hydrogen-bond donors (Lipinski definition) is 0. The van der Waals surface area contributed by atoms with E-state index in [2.05, 4.69) is 0 Å². The molecule has 0 unspecified atom stereocenters. The number of carbonyl (C=O) groups is 2. The highest BCUT2D eigenvalue weighted by Gasteiger charge is 2.23. The first-order valence-corrected chi connectivity index (χ1v) is 7.48. The predicted molar refractivity (Wildman–Crippen MR) is 81.8 cm³/mol. The summed E-state index contributed by atoms with van der Waals surface area (Å²) < 4.78 is 11.1. The highest BCUT2D eigenvalue weighted by molar-refractivity contribution is 5.93. The van der Waals surface area contributed by atoms with Crippen molar-refractivity contribution >= 4 is 23.3 Å². The normalized spacial score (nSPS) is 16.0. The zero-order valence-electron chi connectivity index (χ0n) is 12.8. The quantitative estimate of drug-likeness (QED) is 0.646. The second-order valence-corrected chi connectivity index (χ2v) is 5.83. The number of esters is 1.